The number of carbonyl (C=O) groups excluding carboxylic acids is 3. The average Bonchev–Trinajstić information content (AvgIpc) is 2.83. The number of ketones is 1. The van der Waals surface area contributed by atoms with Gasteiger partial charge in [-0.15, -0.1) is 11.8 Å². The molecule has 0 saturated carbocycles. The van der Waals surface area contributed by atoms with E-state index < -0.39 is 10.8 Å². The van der Waals surface area contributed by atoms with Crippen LogP contribution in [-0.4, -0.2) is 27.8 Å². The lowest BCUT2D eigenvalue weighted by molar-refractivity contribution is -0.384. The third-order valence-corrected chi connectivity index (χ3v) is 6.29. The van der Waals surface area contributed by atoms with Crippen LogP contribution in [0.15, 0.2) is 77.7 Å². The van der Waals surface area contributed by atoms with Crippen molar-refractivity contribution in [1.29, 1.82) is 0 Å². The molecule has 1 unspecified atom stereocenters. The van der Waals surface area contributed by atoms with Gasteiger partial charge in [0.15, 0.2) is 5.78 Å². The van der Waals surface area contributed by atoms with Gasteiger partial charge >= 0.3 is 0 Å². The van der Waals surface area contributed by atoms with Gasteiger partial charge in [-0.1, -0.05) is 13.0 Å². The molecule has 0 aromatic heterocycles. The minimum atomic E-state index is -0.524. The van der Waals surface area contributed by atoms with Crippen molar-refractivity contribution in [3.63, 3.8) is 0 Å². The van der Waals surface area contributed by atoms with E-state index in [0.717, 1.165) is 4.90 Å². The third-order valence-electron chi connectivity index (χ3n) is 4.93. The number of thioether (sulfide) groups is 1. The van der Waals surface area contributed by atoms with E-state index in [1.807, 2.05) is 13.0 Å². The summed E-state index contributed by atoms with van der Waals surface area (Å²) in [5, 5.41) is 16.0. The van der Waals surface area contributed by atoms with Crippen LogP contribution >= 0.6 is 11.8 Å². The average molecular weight is 478 g/mol. The van der Waals surface area contributed by atoms with Gasteiger partial charge in [-0.05, 0) is 67.9 Å². The Morgan fingerprint density at radius 3 is 2.15 bits per heavy atom. The molecule has 2 amide bonds. The third kappa shape index (κ3) is 6.52. The van der Waals surface area contributed by atoms with Crippen molar-refractivity contribution in [3.05, 3.63) is 94.0 Å². The summed E-state index contributed by atoms with van der Waals surface area (Å²) < 4.78 is 0. The number of benzene rings is 3. The van der Waals surface area contributed by atoms with E-state index in [1.54, 1.807) is 42.5 Å². The van der Waals surface area contributed by atoms with Gasteiger partial charge in [0, 0.05) is 39.5 Å². The second-order valence-corrected chi connectivity index (χ2v) is 8.70. The first kappa shape index (κ1) is 24.7. The highest BCUT2D eigenvalue weighted by Gasteiger charge is 2.19. The Balaban J connectivity index is 1.64. The van der Waals surface area contributed by atoms with Crippen molar-refractivity contribution in [1.82, 2.24) is 0 Å². The summed E-state index contributed by atoms with van der Waals surface area (Å²) in [5.74, 6) is -0.598. The zero-order chi connectivity index (χ0) is 24.7. The molecular weight excluding hydrogens is 454 g/mol. The number of hydrogen-bond donors (Lipinski definition) is 2. The standard InChI is InChI=1S/C25H23N3O5S/c1-3-23(25(31)26-19-11-7-17(8-12-19)16(2)29)34-22-6-4-5-20(15-22)27-24(30)18-9-13-21(14-10-18)28(32)33/h4-15,23H,3H2,1-2H3,(H,26,31)(H,27,30). The minimum Gasteiger partial charge on any atom is -0.325 e. The summed E-state index contributed by atoms with van der Waals surface area (Å²) in [7, 11) is 0. The first-order chi connectivity index (χ1) is 16.3. The van der Waals surface area contributed by atoms with Crippen LogP contribution in [0.3, 0.4) is 0 Å². The monoisotopic (exact) mass is 477 g/mol. The maximum Gasteiger partial charge on any atom is 0.269 e. The fourth-order valence-corrected chi connectivity index (χ4v) is 4.10. The van der Waals surface area contributed by atoms with Gasteiger partial charge in [0.25, 0.3) is 11.6 Å². The normalized spacial score (nSPS) is 11.4. The number of Topliss-reactive ketones (excluding diaryl/α,β-unsaturated/α-hetero) is 1. The SMILES string of the molecule is CCC(Sc1cccc(NC(=O)c2ccc([N+](=O)[O-])cc2)c1)C(=O)Nc1ccc(C(C)=O)cc1. The largest absolute Gasteiger partial charge is 0.325 e. The molecule has 8 nitrogen and oxygen atoms in total. The molecule has 3 rings (SSSR count). The van der Waals surface area contributed by atoms with E-state index in [0.29, 0.717) is 28.9 Å². The van der Waals surface area contributed by atoms with Crippen LogP contribution in [0, 0.1) is 10.1 Å². The first-order valence-corrected chi connectivity index (χ1v) is 11.4. The molecule has 3 aromatic carbocycles. The van der Waals surface area contributed by atoms with Gasteiger partial charge in [0.2, 0.25) is 5.91 Å². The maximum atomic E-state index is 12.8. The molecule has 0 spiro atoms. The Hall–Kier alpha value is -3.98. The highest BCUT2D eigenvalue weighted by molar-refractivity contribution is 8.00. The number of nitro groups is 1. The second-order valence-electron chi connectivity index (χ2n) is 7.42. The van der Waals surface area contributed by atoms with E-state index >= 15 is 0 Å². The van der Waals surface area contributed by atoms with Gasteiger partial charge in [0.1, 0.15) is 0 Å². The molecule has 1 atom stereocenters. The van der Waals surface area contributed by atoms with Crippen LogP contribution in [0.2, 0.25) is 0 Å². The number of amides is 2. The van der Waals surface area contributed by atoms with Gasteiger partial charge in [-0.3, -0.25) is 24.5 Å². The molecule has 0 fully saturated rings. The molecular formula is C25H23N3O5S. The fraction of sp³-hybridized carbons (Fsp3) is 0.160. The minimum absolute atomic E-state index is 0.0413. The lowest BCUT2D eigenvalue weighted by Crippen LogP contribution is -2.24. The first-order valence-electron chi connectivity index (χ1n) is 10.5. The summed E-state index contributed by atoms with van der Waals surface area (Å²) in [6.45, 7) is 3.40. The van der Waals surface area contributed by atoms with Crippen LogP contribution in [0.5, 0.6) is 0 Å². The molecule has 0 radical (unpaired) electrons. The Labute approximate surface area is 200 Å². The van der Waals surface area contributed by atoms with Crippen molar-refractivity contribution in [2.75, 3.05) is 10.6 Å². The lowest BCUT2D eigenvalue weighted by atomic mass is 10.1. The van der Waals surface area contributed by atoms with Gasteiger partial charge in [0.05, 0.1) is 10.2 Å². The van der Waals surface area contributed by atoms with Crippen molar-refractivity contribution in [2.45, 2.75) is 30.4 Å². The summed E-state index contributed by atoms with van der Waals surface area (Å²) in [6.07, 6.45) is 0.585. The number of nitro benzene ring substituents is 1. The Morgan fingerprint density at radius 2 is 1.56 bits per heavy atom. The van der Waals surface area contributed by atoms with Crippen molar-refractivity contribution < 1.29 is 19.3 Å². The summed E-state index contributed by atoms with van der Waals surface area (Å²) in [4.78, 5) is 47.7. The number of anilines is 2. The number of hydrogen-bond acceptors (Lipinski definition) is 6. The van der Waals surface area contributed by atoms with E-state index in [-0.39, 0.29) is 22.6 Å². The topological polar surface area (TPSA) is 118 Å². The highest BCUT2D eigenvalue weighted by atomic mass is 32.2. The molecule has 34 heavy (non-hydrogen) atoms. The molecule has 0 saturated heterocycles. The van der Waals surface area contributed by atoms with Gasteiger partial charge in [-0.25, -0.2) is 0 Å². The number of rotatable bonds is 9. The smallest absolute Gasteiger partial charge is 0.269 e. The van der Waals surface area contributed by atoms with Crippen LogP contribution < -0.4 is 10.6 Å². The molecule has 3 aromatic rings. The van der Waals surface area contributed by atoms with E-state index in [4.69, 9.17) is 0 Å². The second kappa shape index (κ2) is 11.2. The maximum absolute atomic E-state index is 12.8. The number of nitrogens with one attached hydrogen (secondary N) is 2. The van der Waals surface area contributed by atoms with Crippen molar-refractivity contribution >= 4 is 46.4 Å². The zero-order valence-corrected chi connectivity index (χ0v) is 19.4. The molecule has 0 heterocycles. The Kier molecular flexibility index (Phi) is 8.15. The summed E-state index contributed by atoms with van der Waals surface area (Å²) in [5.41, 5.74) is 1.94. The summed E-state index contributed by atoms with van der Waals surface area (Å²) in [6, 6.07) is 19.2. The fourth-order valence-electron chi connectivity index (χ4n) is 3.08. The van der Waals surface area contributed by atoms with Crippen LogP contribution in [0.25, 0.3) is 0 Å². The quantitative estimate of drug-likeness (QED) is 0.180. The number of carbonyl (C=O) groups is 3. The molecule has 0 aliphatic heterocycles. The van der Waals surface area contributed by atoms with Crippen molar-refractivity contribution in [2.24, 2.45) is 0 Å². The Bertz CT molecular complexity index is 1210. The predicted octanol–water partition coefficient (Wildman–Crippen LogP) is 5.56. The predicted molar refractivity (Wildman–Crippen MR) is 133 cm³/mol. The Morgan fingerprint density at radius 1 is 0.912 bits per heavy atom. The van der Waals surface area contributed by atoms with Crippen LogP contribution in [0.4, 0.5) is 17.1 Å². The zero-order valence-electron chi connectivity index (χ0n) is 18.6. The van der Waals surface area contributed by atoms with E-state index in [2.05, 4.69) is 10.6 Å². The summed E-state index contributed by atoms with van der Waals surface area (Å²) >= 11 is 1.37. The van der Waals surface area contributed by atoms with Gasteiger partial charge < -0.3 is 10.6 Å². The van der Waals surface area contributed by atoms with E-state index in [9.17, 15) is 24.5 Å². The van der Waals surface area contributed by atoms with Crippen molar-refractivity contribution in [3.8, 4) is 0 Å². The molecule has 2 N–H and O–H groups in total. The van der Waals surface area contributed by atoms with Gasteiger partial charge in [-0.2, -0.15) is 0 Å². The number of nitrogens with zero attached hydrogens (tertiary/aromatic N) is 1. The van der Waals surface area contributed by atoms with E-state index in [1.165, 1.54) is 43.0 Å². The van der Waals surface area contributed by atoms with Crippen LogP contribution in [0.1, 0.15) is 41.0 Å². The number of non-ortho nitro benzene ring substituents is 1. The molecule has 9 heteroatoms. The molecule has 174 valence electrons. The molecule has 0 bridgehead atoms. The van der Waals surface area contributed by atoms with Crippen LogP contribution in [-0.2, 0) is 4.79 Å². The molecule has 0 aliphatic rings. The lowest BCUT2D eigenvalue weighted by Gasteiger charge is -2.15. The highest BCUT2D eigenvalue weighted by Crippen LogP contribution is 2.29. The molecule has 0 aliphatic carbocycles.